The Balaban J connectivity index is 2.23. The molecule has 0 spiro atoms. The molecule has 1 aromatic rings. The van der Waals surface area contributed by atoms with Crippen molar-refractivity contribution < 1.29 is 24.4 Å². The second-order valence-electron chi connectivity index (χ2n) is 4.58. The largest absolute Gasteiger partial charge is 0.479 e. The molecule has 0 radical (unpaired) electrons. The maximum absolute atomic E-state index is 12.4. The van der Waals surface area contributed by atoms with Crippen molar-refractivity contribution in [1.29, 1.82) is 0 Å². The molecule has 21 heavy (non-hydrogen) atoms. The maximum Gasteiger partial charge on any atom is 0.334 e. The summed E-state index contributed by atoms with van der Waals surface area (Å²) < 4.78 is 6.53. The summed E-state index contributed by atoms with van der Waals surface area (Å²) in [6.07, 6.45) is 0.227. The van der Waals surface area contributed by atoms with Crippen LogP contribution in [0.5, 0.6) is 0 Å². The lowest BCUT2D eigenvalue weighted by molar-refractivity contribution is -0.384. The third-order valence-corrected chi connectivity index (χ3v) is 3.28. The van der Waals surface area contributed by atoms with E-state index in [4.69, 9.17) is 9.84 Å². The Morgan fingerprint density at radius 3 is 2.86 bits per heavy atom. The second kappa shape index (κ2) is 5.92. The lowest BCUT2D eigenvalue weighted by Gasteiger charge is -2.30. The molecule has 1 atom stereocenters. The van der Waals surface area contributed by atoms with E-state index in [1.807, 2.05) is 0 Å². The van der Waals surface area contributed by atoms with Crippen LogP contribution < -0.4 is 0 Å². The minimum Gasteiger partial charge on any atom is -0.479 e. The van der Waals surface area contributed by atoms with Gasteiger partial charge >= 0.3 is 5.97 Å². The number of carboxylic acid groups (broad SMARTS) is 1. The molecule has 0 saturated carbocycles. The SMILES string of the molecule is CCn1cc([N+](=O)[O-])cc1C(=O)N1CCOC(C(=O)O)C1. The highest BCUT2D eigenvalue weighted by molar-refractivity contribution is 5.94. The van der Waals surface area contributed by atoms with E-state index in [1.54, 1.807) is 6.92 Å². The predicted octanol–water partition coefficient (Wildman–Crippen LogP) is 0.342. The van der Waals surface area contributed by atoms with Crippen molar-refractivity contribution >= 4 is 17.6 Å². The molecular formula is C12H15N3O6. The van der Waals surface area contributed by atoms with Crippen molar-refractivity contribution in [2.45, 2.75) is 19.6 Å². The second-order valence-corrected chi connectivity index (χ2v) is 4.58. The van der Waals surface area contributed by atoms with Crippen LogP contribution in [0.4, 0.5) is 5.69 Å². The van der Waals surface area contributed by atoms with E-state index in [-0.39, 0.29) is 31.1 Å². The van der Waals surface area contributed by atoms with Gasteiger partial charge in [0.2, 0.25) is 0 Å². The molecule has 114 valence electrons. The summed E-state index contributed by atoms with van der Waals surface area (Å²) in [5.41, 5.74) is 0.0125. The van der Waals surface area contributed by atoms with E-state index >= 15 is 0 Å². The number of rotatable bonds is 4. The summed E-state index contributed by atoms with van der Waals surface area (Å²) in [6.45, 7) is 2.47. The first kappa shape index (κ1) is 15.0. The summed E-state index contributed by atoms with van der Waals surface area (Å²) >= 11 is 0. The first-order chi connectivity index (χ1) is 9.93. The first-order valence-electron chi connectivity index (χ1n) is 6.42. The Labute approximate surface area is 119 Å². The monoisotopic (exact) mass is 297 g/mol. The number of aliphatic carboxylic acids is 1. The van der Waals surface area contributed by atoms with Gasteiger partial charge in [-0.3, -0.25) is 14.9 Å². The van der Waals surface area contributed by atoms with Crippen LogP contribution in [-0.2, 0) is 16.1 Å². The third-order valence-electron chi connectivity index (χ3n) is 3.28. The van der Waals surface area contributed by atoms with Gasteiger partial charge in [0.15, 0.2) is 6.10 Å². The molecule has 1 N–H and O–H groups in total. The predicted molar refractivity (Wildman–Crippen MR) is 70.0 cm³/mol. The van der Waals surface area contributed by atoms with E-state index in [2.05, 4.69) is 0 Å². The molecule has 9 nitrogen and oxygen atoms in total. The number of aryl methyl sites for hydroxylation is 1. The number of carboxylic acids is 1. The number of amides is 1. The summed E-state index contributed by atoms with van der Waals surface area (Å²) in [5, 5.41) is 19.7. The number of ether oxygens (including phenoxy) is 1. The van der Waals surface area contributed by atoms with Gasteiger partial charge in [-0.2, -0.15) is 0 Å². The summed E-state index contributed by atoms with van der Waals surface area (Å²) in [6, 6.07) is 1.21. The molecule has 1 aliphatic rings. The van der Waals surface area contributed by atoms with E-state index < -0.39 is 22.9 Å². The molecule has 1 fully saturated rings. The average Bonchev–Trinajstić information content (AvgIpc) is 2.91. The Morgan fingerprint density at radius 1 is 1.57 bits per heavy atom. The van der Waals surface area contributed by atoms with Crippen molar-refractivity contribution in [1.82, 2.24) is 9.47 Å². The summed E-state index contributed by atoms with van der Waals surface area (Å²) in [7, 11) is 0. The smallest absolute Gasteiger partial charge is 0.334 e. The van der Waals surface area contributed by atoms with E-state index in [0.29, 0.717) is 6.54 Å². The van der Waals surface area contributed by atoms with Crippen LogP contribution in [0.15, 0.2) is 12.3 Å². The highest BCUT2D eigenvalue weighted by atomic mass is 16.6. The molecular weight excluding hydrogens is 282 g/mol. The van der Waals surface area contributed by atoms with Gasteiger partial charge in [-0.15, -0.1) is 0 Å². The Hall–Kier alpha value is -2.42. The van der Waals surface area contributed by atoms with E-state index in [9.17, 15) is 19.7 Å². The zero-order chi connectivity index (χ0) is 15.6. The number of carbonyl (C=O) groups is 2. The zero-order valence-electron chi connectivity index (χ0n) is 11.4. The Kier molecular flexibility index (Phi) is 4.22. The minimum absolute atomic E-state index is 0.0726. The summed E-state index contributed by atoms with van der Waals surface area (Å²) in [4.78, 5) is 34.9. The fraction of sp³-hybridized carbons (Fsp3) is 0.500. The van der Waals surface area contributed by atoms with Crippen molar-refractivity contribution in [3.8, 4) is 0 Å². The third kappa shape index (κ3) is 3.02. The van der Waals surface area contributed by atoms with Gasteiger partial charge in [0.1, 0.15) is 5.69 Å². The van der Waals surface area contributed by atoms with Gasteiger partial charge < -0.3 is 19.3 Å². The standard InChI is InChI=1S/C12H15N3O6/c1-2-13-6-8(15(19)20)5-9(13)11(16)14-3-4-21-10(7-14)12(17)18/h5-6,10H,2-4,7H2,1H3,(H,17,18). The quantitative estimate of drug-likeness (QED) is 0.633. The molecule has 0 bridgehead atoms. The van der Waals surface area contributed by atoms with Gasteiger partial charge in [0.25, 0.3) is 11.6 Å². The normalized spacial score (nSPS) is 18.5. The zero-order valence-corrected chi connectivity index (χ0v) is 11.4. The lowest BCUT2D eigenvalue weighted by atomic mass is 10.2. The lowest BCUT2D eigenvalue weighted by Crippen LogP contribution is -2.48. The van der Waals surface area contributed by atoms with Crippen molar-refractivity contribution in [2.24, 2.45) is 0 Å². The molecule has 0 aliphatic carbocycles. The van der Waals surface area contributed by atoms with Crippen LogP contribution in [0, 0.1) is 10.1 Å². The fourth-order valence-electron chi connectivity index (χ4n) is 2.18. The van der Waals surface area contributed by atoms with Crippen molar-refractivity contribution in [3.63, 3.8) is 0 Å². The van der Waals surface area contributed by atoms with Crippen LogP contribution in [0.25, 0.3) is 0 Å². The van der Waals surface area contributed by atoms with Crippen LogP contribution >= 0.6 is 0 Å². The number of aromatic nitrogens is 1. The van der Waals surface area contributed by atoms with E-state index in [0.717, 1.165) is 0 Å². The van der Waals surface area contributed by atoms with Gasteiger partial charge in [0.05, 0.1) is 24.3 Å². The topological polar surface area (TPSA) is 115 Å². The average molecular weight is 297 g/mol. The highest BCUT2D eigenvalue weighted by Crippen LogP contribution is 2.19. The highest BCUT2D eigenvalue weighted by Gasteiger charge is 2.31. The number of nitro groups is 1. The number of morpholine rings is 1. The minimum atomic E-state index is -1.13. The molecule has 2 heterocycles. The van der Waals surface area contributed by atoms with Gasteiger partial charge in [-0.05, 0) is 6.92 Å². The maximum atomic E-state index is 12.4. The molecule has 0 aromatic carbocycles. The van der Waals surface area contributed by atoms with E-state index in [1.165, 1.54) is 21.7 Å². The summed E-state index contributed by atoms with van der Waals surface area (Å²) in [5.74, 6) is -1.57. The van der Waals surface area contributed by atoms with Crippen molar-refractivity contribution in [3.05, 3.63) is 28.1 Å². The van der Waals surface area contributed by atoms with Crippen LogP contribution in [0.3, 0.4) is 0 Å². The number of nitrogens with zero attached hydrogens (tertiary/aromatic N) is 3. The Bertz CT molecular complexity index is 582. The Morgan fingerprint density at radius 2 is 2.29 bits per heavy atom. The van der Waals surface area contributed by atoms with Crippen LogP contribution in [-0.4, -0.2) is 57.2 Å². The van der Waals surface area contributed by atoms with Gasteiger partial charge in [0, 0.05) is 19.2 Å². The first-order valence-corrected chi connectivity index (χ1v) is 6.42. The molecule has 1 unspecified atom stereocenters. The van der Waals surface area contributed by atoms with Crippen LogP contribution in [0.2, 0.25) is 0 Å². The number of hydrogen-bond donors (Lipinski definition) is 1. The number of hydrogen-bond acceptors (Lipinski definition) is 5. The molecule has 1 aromatic heterocycles. The number of carbonyl (C=O) groups excluding carboxylic acids is 1. The fourth-order valence-corrected chi connectivity index (χ4v) is 2.18. The van der Waals surface area contributed by atoms with Crippen molar-refractivity contribution in [2.75, 3.05) is 19.7 Å². The van der Waals surface area contributed by atoms with Crippen LogP contribution in [0.1, 0.15) is 17.4 Å². The molecule has 1 aliphatic heterocycles. The van der Waals surface area contributed by atoms with Gasteiger partial charge in [-0.1, -0.05) is 0 Å². The van der Waals surface area contributed by atoms with Gasteiger partial charge in [-0.25, -0.2) is 4.79 Å². The molecule has 1 saturated heterocycles. The molecule has 1 amide bonds. The molecule has 2 rings (SSSR count). The molecule has 9 heteroatoms.